The van der Waals surface area contributed by atoms with Gasteiger partial charge in [0.15, 0.2) is 0 Å². The van der Waals surface area contributed by atoms with E-state index in [1.807, 2.05) is 12.1 Å². The SMILES string of the molecule is CN(Cc1ccc(OC(F)F)cc1)C(=O)CSc1ccc(Cl)cc1. The highest BCUT2D eigenvalue weighted by Crippen LogP contribution is 2.21. The number of halogens is 3. The first kappa shape index (κ1) is 18.5. The number of rotatable bonds is 7. The molecule has 0 radical (unpaired) electrons. The molecule has 0 saturated heterocycles. The normalized spacial score (nSPS) is 10.7. The molecule has 0 aromatic heterocycles. The zero-order valence-corrected chi connectivity index (χ0v) is 14.5. The van der Waals surface area contributed by atoms with Crippen LogP contribution in [0.1, 0.15) is 5.56 Å². The Morgan fingerprint density at radius 1 is 1.17 bits per heavy atom. The standard InChI is InChI=1S/C17H16ClF2NO2S/c1-21(10-12-2-6-14(7-3-12)23-17(19)20)16(22)11-24-15-8-4-13(18)5-9-15/h2-9,17H,10-11H2,1H3. The summed E-state index contributed by atoms with van der Waals surface area (Å²) in [7, 11) is 1.70. The fraction of sp³-hybridized carbons (Fsp3) is 0.235. The average molecular weight is 372 g/mol. The monoisotopic (exact) mass is 371 g/mol. The maximum atomic E-state index is 12.2. The van der Waals surface area contributed by atoms with E-state index in [1.54, 1.807) is 36.2 Å². The van der Waals surface area contributed by atoms with E-state index in [2.05, 4.69) is 4.74 Å². The van der Waals surface area contributed by atoms with Crippen molar-refractivity contribution in [1.82, 2.24) is 4.90 Å². The van der Waals surface area contributed by atoms with E-state index in [0.29, 0.717) is 17.3 Å². The summed E-state index contributed by atoms with van der Waals surface area (Å²) in [6.45, 7) is -2.44. The Labute approximate surface area is 148 Å². The van der Waals surface area contributed by atoms with E-state index in [9.17, 15) is 13.6 Å². The molecule has 2 rings (SSSR count). The topological polar surface area (TPSA) is 29.5 Å². The highest BCUT2D eigenvalue weighted by Gasteiger charge is 2.11. The minimum atomic E-state index is -2.84. The third-order valence-corrected chi connectivity index (χ3v) is 4.42. The van der Waals surface area contributed by atoms with Crippen LogP contribution in [0.2, 0.25) is 5.02 Å². The molecule has 1 amide bonds. The van der Waals surface area contributed by atoms with Crippen LogP contribution in [-0.2, 0) is 11.3 Å². The third kappa shape index (κ3) is 6.02. The number of alkyl halides is 2. The van der Waals surface area contributed by atoms with Gasteiger partial charge in [0.1, 0.15) is 5.75 Å². The number of hydrogen-bond donors (Lipinski definition) is 0. The Kier molecular flexibility index (Phi) is 6.87. The van der Waals surface area contributed by atoms with E-state index in [0.717, 1.165) is 10.5 Å². The highest BCUT2D eigenvalue weighted by molar-refractivity contribution is 8.00. The first-order valence-electron chi connectivity index (χ1n) is 7.10. The van der Waals surface area contributed by atoms with Gasteiger partial charge in [-0.3, -0.25) is 4.79 Å². The van der Waals surface area contributed by atoms with Crippen molar-refractivity contribution in [3.63, 3.8) is 0 Å². The van der Waals surface area contributed by atoms with Crippen LogP contribution >= 0.6 is 23.4 Å². The molecular formula is C17H16ClF2NO2S. The van der Waals surface area contributed by atoms with Gasteiger partial charge >= 0.3 is 6.61 Å². The van der Waals surface area contributed by atoms with Gasteiger partial charge in [-0.25, -0.2) is 0 Å². The average Bonchev–Trinajstić information content (AvgIpc) is 2.55. The lowest BCUT2D eigenvalue weighted by Gasteiger charge is -2.17. The first-order chi connectivity index (χ1) is 11.4. The van der Waals surface area contributed by atoms with Crippen LogP contribution in [0.25, 0.3) is 0 Å². The molecule has 0 aliphatic carbocycles. The second kappa shape index (κ2) is 8.89. The second-order valence-electron chi connectivity index (χ2n) is 5.01. The molecule has 0 N–H and O–H groups in total. The molecule has 7 heteroatoms. The number of ether oxygens (including phenoxy) is 1. The zero-order valence-electron chi connectivity index (χ0n) is 12.9. The van der Waals surface area contributed by atoms with Crippen molar-refractivity contribution in [3.8, 4) is 5.75 Å². The number of carbonyl (C=O) groups excluding carboxylic acids is 1. The Morgan fingerprint density at radius 3 is 2.38 bits per heavy atom. The van der Waals surface area contributed by atoms with Crippen molar-refractivity contribution < 1.29 is 18.3 Å². The Hall–Kier alpha value is -1.79. The van der Waals surface area contributed by atoms with Crippen LogP contribution in [0.5, 0.6) is 5.75 Å². The quantitative estimate of drug-likeness (QED) is 0.661. The van der Waals surface area contributed by atoms with Crippen molar-refractivity contribution in [2.75, 3.05) is 12.8 Å². The number of benzene rings is 2. The van der Waals surface area contributed by atoms with Gasteiger partial charge in [-0.2, -0.15) is 8.78 Å². The summed E-state index contributed by atoms with van der Waals surface area (Å²) in [6, 6.07) is 13.5. The Bertz CT molecular complexity index is 665. The largest absolute Gasteiger partial charge is 0.435 e. The fourth-order valence-corrected chi connectivity index (χ4v) is 2.89. The van der Waals surface area contributed by atoms with Gasteiger partial charge in [-0.1, -0.05) is 23.7 Å². The van der Waals surface area contributed by atoms with Crippen molar-refractivity contribution in [2.45, 2.75) is 18.1 Å². The predicted molar refractivity (Wildman–Crippen MR) is 91.7 cm³/mol. The van der Waals surface area contributed by atoms with Gasteiger partial charge in [0, 0.05) is 23.5 Å². The lowest BCUT2D eigenvalue weighted by atomic mass is 10.2. The summed E-state index contributed by atoms with van der Waals surface area (Å²) in [5.41, 5.74) is 0.837. The molecule has 0 spiro atoms. The third-order valence-electron chi connectivity index (χ3n) is 3.17. The molecule has 0 aliphatic heterocycles. The fourth-order valence-electron chi connectivity index (χ4n) is 1.92. The van der Waals surface area contributed by atoms with E-state index in [-0.39, 0.29) is 11.7 Å². The molecule has 0 heterocycles. The minimum absolute atomic E-state index is 0.0251. The van der Waals surface area contributed by atoms with E-state index in [1.165, 1.54) is 23.9 Å². The molecule has 24 heavy (non-hydrogen) atoms. The molecule has 0 fully saturated rings. The number of thioether (sulfide) groups is 1. The van der Waals surface area contributed by atoms with Gasteiger partial charge in [0.05, 0.1) is 5.75 Å². The van der Waals surface area contributed by atoms with Crippen molar-refractivity contribution in [3.05, 3.63) is 59.1 Å². The summed E-state index contributed by atoms with van der Waals surface area (Å²) >= 11 is 7.25. The molecule has 0 bridgehead atoms. The van der Waals surface area contributed by atoms with Gasteiger partial charge in [0.25, 0.3) is 0 Å². The first-order valence-corrected chi connectivity index (χ1v) is 8.46. The lowest BCUT2D eigenvalue weighted by Crippen LogP contribution is -2.27. The molecule has 0 unspecified atom stereocenters. The van der Waals surface area contributed by atoms with Crippen molar-refractivity contribution in [2.24, 2.45) is 0 Å². The van der Waals surface area contributed by atoms with E-state index < -0.39 is 6.61 Å². The van der Waals surface area contributed by atoms with Crippen LogP contribution in [0.15, 0.2) is 53.4 Å². The smallest absolute Gasteiger partial charge is 0.387 e. The molecule has 0 atom stereocenters. The summed E-state index contributed by atoms with van der Waals surface area (Å²) in [6.07, 6.45) is 0. The maximum Gasteiger partial charge on any atom is 0.387 e. The van der Waals surface area contributed by atoms with Gasteiger partial charge in [-0.05, 0) is 42.0 Å². The van der Waals surface area contributed by atoms with Crippen LogP contribution in [-0.4, -0.2) is 30.2 Å². The molecule has 2 aromatic carbocycles. The van der Waals surface area contributed by atoms with Crippen molar-refractivity contribution >= 4 is 29.3 Å². The number of carbonyl (C=O) groups is 1. The molecule has 128 valence electrons. The summed E-state index contributed by atoms with van der Waals surface area (Å²) in [5.74, 6) is 0.383. The van der Waals surface area contributed by atoms with Gasteiger partial charge < -0.3 is 9.64 Å². The molecule has 2 aromatic rings. The molecule has 3 nitrogen and oxygen atoms in total. The molecular weight excluding hydrogens is 356 g/mol. The Balaban J connectivity index is 1.83. The Morgan fingerprint density at radius 2 is 1.79 bits per heavy atom. The predicted octanol–water partition coefficient (Wildman–Crippen LogP) is 4.69. The number of hydrogen-bond acceptors (Lipinski definition) is 3. The van der Waals surface area contributed by atoms with Crippen molar-refractivity contribution in [1.29, 1.82) is 0 Å². The van der Waals surface area contributed by atoms with E-state index >= 15 is 0 Å². The van der Waals surface area contributed by atoms with E-state index in [4.69, 9.17) is 11.6 Å². The molecule has 0 saturated carbocycles. The van der Waals surface area contributed by atoms with Crippen LogP contribution in [0, 0.1) is 0 Å². The van der Waals surface area contributed by atoms with Crippen LogP contribution in [0.4, 0.5) is 8.78 Å². The minimum Gasteiger partial charge on any atom is -0.435 e. The second-order valence-corrected chi connectivity index (χ2v) is 6.50. The summed E-state index contributed by atoms with van der Waals surface area (Å²) in [4.78, 5) is 14.7. The maximum absolute atomic E-state index is 12.2. The zero-order chi connectivity index (χ0) is 17.5. The molecule has 0 aliphatic rings. The van der Waals surface area contributed by atoms with Gasteiger partial charge in [0.2, 0.25) is 5.91 Å². The summed E-state index contributed by atoms with van der Waals surface area (Å²) < 4.78 is 28.5. The van der Waals surface area contributed by atoms with Crippen LogP contribution < -0.4 is 4.74 Å². The van der Waals surface area contributed by atoms with Crippen LogP contribution in [0.3, 0.4) is 0 Å². The van der Waals surface area contributed by atoms with Gasteiger partial charge in [-0.15, -0.1) is 11.8 Å². The number of nitrogens with zero attached hydrogens (tertiary/aromatic N) is 1. The summed E-state index contributed by atoms with van der Waals surface area (Å²) in [5, 5.41) is 0.655. The highest BCUT2D eigenvalue weighted by atomic mass is 35.5. The lowest BCUT2D eigenvalue weighted by molar-refractivity contribution is -0.127. The number of amides is 1.